The van der Waals surface area contributed by atoms with E-state index in [4.69, 9.17) is 22.4 Å². The van der Waals surface area contributed by atoms with Crippen molar-refractivity contribution >= 4 is 11.6 Å². The molecule has 3 nitrogen and oxygen atoms in total. The molecule has 1 aromatic carbocycles. The van der Waals surface area contributed by atoms with Crippen LogP contribution in [-0.4, -0.2) is 36.2 Å². The number of nitrogens with two attached hydrogens (primary N) is 1. The third kappa shape index (κ3) is 4.64. The van der Waals surface area contributed by atoms with E-state index in [1.54, 1.807) is 0 Å². The number of benzene rings is 1. The van der Waals surface area contributed by atoms with Crippen molar-refractivity contribution in [3.8, 4) is 0 Å². The molecule has 1 aromatic rings. The third-order valence-corrected chi connectivity index (χ3v) is 3.32. The molecule has 17 heavy (non-hydrogen) atoms. The molecule has 0 saturated carbocycles. The van der Waals surface area contributed by atoms with Crippen molar-refractivity contribution in [1.82, 2.24) is 4.90 Å². The summed E-state index contributed by atoms with van der Waals surface area (Å²) in [6, 6.07) is 7.81. The molecule has 0 saturated heterocycles. The van der Waals surface area contributed by atoms with Crippen LogP contribution >= 0.6 is 11.6 Å². The standard InChI is InChI=1S/C13H21ClN2O/c1-10(9-17)16(2)7-6-13(15)11-4-3-5-12(14)8-11/h3-5,8,10,13,17H,6-7,9,15H2,1-2H3. The molecular formula is C13H21ClN2O. The van der Waals surface area contributed by atoms with Crippen LogP contribution in [0.4, 0.5) is 0 Å². The zero-order chi connectivity index (χ0) is 12.8. The molecule has 1 rings (SSSR count). The average molecular weight is 257 g/mol. The van der Waals surface area contributed by atoms with Crippen molar-refractivity contribution in [1.29, 1.82) is 0 Å². The zero-order valence-corrected chi connectivity index (χ0v) is 11.2. The maximum atomic E-state index is 9.03. The number of rotatable bonds is 6. The van der Waals surface area contributed by atoms with E-state index in [9.17, 15) is 0 Å². The van der Waals surface area contributed by atoms with Crippen LogP contribution in [0.25, 0.3) is 0 Å². The van der Waals surface area contributed by atoms with Crippen molar-refractivity contribution in [3.63, 3.8) is 0 Å². The van der Waals surface area contributed by atoms with Gasteiger partial charge in [-0.05, 0) is 38.1 Å². The molecule has 0 aliphatic heterocycles. The first-order valence-electron chi connectivity index (χ1n) is 5.86. The van der Waals surface area contributed by atoms with Gasteiger partial charge in [0.15, 0.2) is 0 Å². The number of halogens is 1. The Morgan fingerprint density at radius 1 is 1.47 bits per heavy atom. The summed E-state index contributed by atoms with van der Waals surface area (Å²) < 4.78 is 0. The van der Waals surface area contributed by atoms with Crippen molar-refractivity contribution in [2.75, 3.05) is 20.2 Å². The highest BCUT2D eigenvalue weighted by Gasteiger charge is 2.11. The smallest absolute Gasteiger partial charge is 0.0584 e. The van der Waals surface area contributed by atoms with Gasteiger partial charge in [0.25, 0.3) is 0 Å². The zero-order valence-electron chi connectivity index (χ0n) is 10.4. The maximum Gasteiger partial charge on any atom is 0.0584 e. The van der Waals surface area contributed by atoms with Gasteiger partial charge in [-0.25, -0.2) is 0 Å². The molecule has 2 unspecified atom stereocenters. The summed E-state index contributed by atoms with van der Waals surface area (Å²) in [6.45, 7) is 3.02. The molecule has 0 fully saturated rings. The third-order valence-electron chi connectivity index (χ3n) is 3.09. The van der Waals surface area contributed by atoms with Gasteiger partial charge in [0, 0.05) is 23.7 Å². The predicted molar refractivity (Wildman–Crippen MR) is 72.2 cm³/mol. The van der Waals surface area contributed by atoms with E-state index in [2.05, 4.69) is 4.90 Å². The van der Waals surface area contributed by atoms with Gasteiger partial charge in [0.1, 0.15) is 0 Å². The monoisotopic (exact) mass is 256 g/mol. The number of hydrogen-bond acceptors (Lipinski definition) is 3. The van der Waals surface area contributed by atoms with Gasteiger partial charge in [-0.1, -0.05) is 23.7 Å². The number of hydrogen-bond donors (Lipinski definition) is 2. The molecular weight excluding hydrogens is 236 g/mol. The summed E-state index contributed by atoms with van der Waals surface area (Å²) in [6.07, 6.45) is 0.848. The predicted octanol–water partition coefficient (Wildman–Crippen LogP) is 2.04. The summed E-state index contributed by atoms with van der Waals surface area (Å²) in [4.78, 5) is 2.10. The van der Waals surface area contributed by atoms with E-state index in [-0.39, 0.29) is 18.7 Å². The van der Waals surface area contributed by atoms with Crippen LogP contribution in [0.15, 0.2) is 24.3 Å². The van der Waals surface area contributed by atoms with Crippen LogP contribution in [0.5, 0.6) is 0 Å². The first kappa shape index (κ1) is 14.5. The Morgan fingerprint density at radius 3 is 2.76 bits per heavy atom. The molecule has 0 aliphatic rings. The van der Waals surface area contributed by atoms with Crippen LogP contribution in [0.3, 0.4) is 0 Å². The van der Waals surface area contributed by atoms with Crippen molar-refractivity contribution < 1.29 is 5.11 Å². The van der Waals surface area contributed by atoms with E-state index >= 15 is 0 Å². The lowest BCUT2D eigenvalue weighted by atomic mass is 10.0. The summed E-state index contributed by atoms with van der Waals surface area (Å²) in [5.74, 6) is 0. The lowest BCUT2D eigenvalue weighted by Crippen LogP contribution is -2.34. The first-order chi connectivity index (χ1) is 8.04. The molecule has 0 aromatic heterocycles. The fraction of sp³-hybridized carbons (Fsp3) is 0.538. The van der Waals surface area contributed by atoms with Gasteiger partial charge >= 0.3 is 0 Å². The lowest BCUT2D eigenvalue weighted by Gasteiger charge is -2.24. The van der Waals surface area contributed by atoms with Gasteiger partial charge in [0.05, 0.1) is 6.61 Å². The van der Waals surface area contributed by atoms with Crippen LogP contribution in [0, 0.1) is 0 Å². The molecule has 0 aliphatic carbocycles. The van der Waals surface area contributed by atoms with Crippen LogP contribution < -0.4 is 5.73 Å². The fourth-order valence-corrected chi connectivity index (χ4v) is 1.81. The number of aliphatic hydroxyl groups excluding tert-OH is 1. The minimum Gasteiger partial charge on any atom is -0.395 e. The van der Waals surface area contributed by atoms with Crippen molar-refractivity contribution in [3.05, 3.63) is 34.9 Å². The Morgan fingerprint density at radius 2 is 2.18 bits per heavy atom. The van der Waals surface area contributed by atoms with Crippen LogP contribution in [-0.2, 0) is 0 Å². The Labute approximate surface area is 108 Å². The largest absolute Gasteiger partial charge is 0.395 e. The topological polar surface area (TPSA) is 49.5 Å². The fourth-order valence-electron chi connectivity index (χ4n) is 1.61. The van der Waals surface area contributed by atoms with Gasteiger partial charge in [-0.2, -0.15) is 0 Å². The number of nitrogens with zero attached hydrogens (tertiary/aromatic N) is 1. The highest BCUT2D eigenvalue weighted by Crippen LogP contribution is 2.18. The second-order valence-corrected chi connectivity index (χ2v) is 4.90. The molecule has 0 spiro atoms. The van der Waals surface area contributed by atoms with Gasteiger partial charge < -0.3 is 15.7 Å². The minimum absolute atomic E-state index is 0.0120. The second-order valence-electron chi connectivity index (χ2n) is 4.46. The summed E-state index contributed by atoms with van der Waals surface area (Å²) >= 11 is 5.93. The summed E-state index contributed by atoms with van der Waals surface area (Å²) in [5.41, 5.74) is 7.16. The van der Waals surface area contributed by atoms with E-state index in [0.717, 1.165) is 23.6 Å². The Balaban J connectivity index is 2.47. The van der Waals surface area contributed by atoms with E-state index in [1.807, 2.05) is 38.2 Å². The van der Waals surface area contributed by atoms with Gasteiger partial charge in [0.2, 0.25) is 0 Å². The van der Waals surface area contributed by atoms with Crippen molar-refractivity contribution in [2.45, 2.75) is 25.4 Å². The number of aliphatic hydroxyl groups is 1. The molecule has 0 radical (unpaired) electrons. The molecule has 4 heteroatoms. The van der Waals surface area contributed by atoms with E-state index in [0.29, 0.717) is 0 Å². The van der Waals surface area contributed by atoms with E-state index < -0.39 is 0 Å². The first-order valence-corrected chi connectivity index (χ1v) is 6.24. The van der Waals surface area contributed by atoms with Gasteiger partial charge in [-0.15, -0.1) is 0 Å². The lowest BCUT2D eigenvalue weighted by molar-refractivity contribution is 0.156. The molecule has 0 amide bonds. The second kappa shape index (κ2) is 6.97. The van der Waals surface area contributed by atoms with Crippen molar-refractivity contribution in [2.24, 2.45) is 5.73 Å². The Bertz CT molecular complexity index is 346. The average Bonchev–Trinajstić information content (AvgIpc) is 2.34. The Hall–Kier alpha value is -0.610. The SMILES string of the molecule is CC(CO)N(C)CCC(N)c1cccc(Cl)c1. The quantitative estimate of drug-likeness (QED) is 0.819. The molecule has 3 N–H and O–H groups in total. The molecule has 2 atom stereocenters. The molecule has 0 bridgehead atoms. The van der Waals surface area contributed by atoms with Crippen LogP contribution in [0.2, 0.25) is 5.02 Å². The van der Waals surface area contributed by atoms with E-state index in [1.165, 1.54) is 0 Å². The maximum absolute atomic E-state index is 9.03. The number of likely N-dealkylation sites (N-methyl/N-ethyl adjacent to an activating group) is 1. The highest BCUT2D eigenvalue weighted by atomic mass is 35.5. The van der Waals surface area contributed by atoms with Gasteiger partial charge in [-0.3, -0.25) is 0 Å². The molecule has 0 heterocycles. The Kier molecular flexibility index (Phi) is 5.92. The minimum atomic E-state index is -0.0120. The highest BCUT2D eigenvalue weighted by molar-refractivity contribution is 6.30. The normalized spacial score (nSPS) is 14.9. The molecule has 96 valence electrons. The summed E-state index contributed by atoms with van der Waals surface area (Å²) in [7, 11) is 1.99. The summed E-state index contributed by atoms with van der Waals surface area (Å²) in [5, 5.41) is 9.75. The van der Waals surface area contributed by atoms with Crippen LogP contribution in [0.1, 0.15) is 24.9 Å².